The molecule has 1 aliphatic rings. The van der Waals surface area contributed by atoms with Crippen molar-refractivity contribution in [3.63, 3.8) is 0 Å². The zero-order valence-corrected chi connectivity index (χ0v) is 14.2. The van der Waals surface area contributed by atoms with E-state index in [4.69, 9.17) is 11.6 Å². The van der Waals surface area contributed by atoms with Crippen molar-refractivity contribution in [2.75, 3.05) is 25.0 Å². The molecule has 0 bridgehead atoms. The number of carbonyl (C=O) groups is 1. The normalized spacial score (nSPS) is 12.9. The zero-order valence-electron chi connectivity index (χ0n) is 12.6. The predicted molar refractivity (Wildman–Crippen MR) is 89.7 cm³/mol. The summed E-state index contributed by atoms with van der Waals surface area (Å²) < 4.78 is 8.39. The zero-order chi connectivity index (χ0) is 16.7. The summed E-state index contributed by atoms with van der Waals surface area (Å²) >= 11 is 7.30. The van der Waals surface area contributed by atoms with Gasteiger partial charge in [-0.05, 0) is 19.1 Å². The van der Waals surface area contributed by atoms with E-state index in [0.717, 1.165) is 35.8 Å². The number of carbonyl (C=O) groups excluding carboxylic acids is 1. The highest BCUT2D eigenvalue weighted by Crippen LogP contribution is 2.29. The number of anilines is 1. The molecule has 0 saturated heterocycles. The summed E-state index contributed by atoms with van der Waals surface area (Å²) in [5.41, 5.74) is 2.39. The highest BCUT2D eigenvalue weighted by molar-refractivity contribution is 7.00. The summed E-state index contributed by atoms with van der Waals surface area (Å²) in [6, 6.07) is 3.67. The summed E-state index contributed by atoms with van der Waals surface area (Å²) in [5, 5.41) is 6.90. The van der Waals surface area contributed by atoms with Crippen molar-refractivity contribution >= 4 is 52.0 Å². The van der Waals surface area contributed by atoms with Gasteiger partial charge in [0, 0.05) is 13.5 Å². The molecule has 0 atom stereocenters. The van der Waals surface area contributed by atoms with E-state index in [9.17, 15) is 4.79 Å². The first kappa shape index (κ1) is 17.4. The lowest BCUT2D eigenvalue weighted by Crippen LogP contribution is -2.26. The van der Waals surface area contributed by atoms with Crippen LogP contribution in [0.25, 0.3) is 11.0 Å². The Morgan fingerprint density at radius 3 is 2.91 bits per heavy atom. The molecule has 2 aromatic rings. The lowest BCUT2D eigenvalue weighted by atomic mass is 10.2. The Morgan fingerprint density at radius 2 is 2.30 bits per heavy atom. The number of aromatic nitrogens is 2. The minimum atomic E-state index is -0.415. The molecule has 2 heterocycles. The second-order valence-corrected chi connectivity index (χ2v) is 5.25. The SMILES string of the molecule is CCOOC(C)=O.Clc1ccc2nsnc2c1NC1=NCCN1. The van der Waals surface area contributed by atoms with Gasteiger partial charge < -0.3 is 10.6 Å². The maximum absolute atomic E-state index is 9.86. The molecule has 23 heavy (non-hydrogen) atoms. The molecule has 0 aliphatic carbocycles. The average molecular weight is 358 g/mol. The molecule has 3 rings (SSSR count). The Hall–Kier alpha value is -1.97. The smallest absolute Gasteiger partial charge is 0.339 e. The summed E-state index contributed by atoms with van der Waals surface area (Å²) in [7, 11) is 0. The van der Waals surface area contributed by atoms with Gasteiger partial charge in [-0.25, -0.2) is 4.79 Å². The summed E-state index contributed by atoms with van der Waals surface area (Å²) in [6.45, 7) is 5.06. The molecule has 1 aliphatic heterocycles. The highest BCUT2D eigenvalue weighted by atomic mass is 35.5. The van der Waals surface area contributed by atoms with Crippen molar-refractivity contribution in [3.05, 3.63) is 17.2 Å². The van der Waals surface area contributed by atoms with E-state index in [0.29, 0.717) is 11.6 Å². The minimum Gasteiger partial charge on any atom is -0.354 e. The lowest BCUT2D eigenvalue weighted by Gasteiger charge is -2.08. The Labute approximate surface area is 142 Å². The number of guanidine groups is 1. The van der Waals surface area contributed by atoms with Gasteiger partial charge in [0.1, 0.15) is 11.0 Å². The molecule has 0 saturated carbocycles. The standard InChI is InChI=1S/C9H8ClN5S.C4H8O3/c10-5-1-2-6-8(15-16-14-6)7(5)13-9-11-3-4-12-9;1-3-6-7-4(2)5/h1-2H,3-4H2,(H2,11,12,13);3H2,1-2H3. The van der Waals surface area contributed by atoms with Gasteiger partial charge in [0.25, 0.3) is 0 Å². The van der Waals surface area contributed by atoms with E-state index in [1.165, 1.54) is 18.7 Å². The highest BCUT2D eigenvalue weighted by Gasteiger charge is 2.13. The van der Waals surface area contributed by atoms with Crippen LogP contribution in [0.2, 0.25) is 5.02 Å². The summed E-state index contributed by atoms with van der Waals surface area (Å²) in [5.74, 6) is 0.323. The summed E-state index contributed by atoms with van der Waals surface area (Å²) in [4.78, 5) is 22.4. The molecule has 10 heteroatoms. The molecule has 1 aromatic carbocycles. The molecule has 0 unspecified atom stereocenters. The number of hydrogen-bond donors (Lipinski definition) is 2. The second-order valence-electron chi connectivity index (χ2n) is 4.32. The van der Waals surface area contributed by atoms with Gasteiger partial charge in [0.15, 0.2) is 5.96 Å². The Balaban J connectivity index is 0.000000236. The Morgan fingerprint density at radius 1 is 1.48 bits per heavy atom. The van der Waals surface area contributed by atoms with Crippen LogP contribution >= 0.6 is 23.3 Å². The maximum Gasteiger partial charge on any atom is 0.339 e. The first-order valence-electron chi connectivity index (χ1n) is 6.88. The number of fused-ring (bicyclic) bond motifs is 1. The van der Waals surface area contributed by atoms with Crippen molar-refractivity contribution < 1.29 is 14.6 Å². The monoisotopic (exact) mass is 357 g/mol. The van der Waals surface area contributed by atoms with Crippen molar-refractivity contribution in [3.8, 4) is 0 Å². The van der Waals surface area contributed by atoms with E-state index in [-0.39, 0.29) is 0 Å². The van der Waals surface area contributed by atoms with Crippen LogP contribution in [-0.2, 0) is 14.6 Å². The third-order valence-electron chi connectivity index (χ3n) is 2.59. The topological polar surface area (TPSA) is 97.7 Å². The average Bonchev–Trinajstić information content (AvgIpc) is 3.19. The van der Waals surface area contributed by atoms with Crippen LogP contribution in [0.1, 0.15) is 13.8 Å². The first-order chi connectivity index (χ1) is 11.1. The van der Waals surface area contributed by atoms with Crippen LogP contribution in [0.5, 0.6) is 0 Å². The van der Waals surface area contributed by atoms with Gasteiger partial charge >= 0.3 is 5.97 Å². The number of halogens is 1. The maximum atomic E-state index is 9.86. The number of rotatable bonds is 3. The number of benzene rings is 1. The quantitative estimate of drug-likeness (QED) is 0.642. The van der Waals surface area contributed by atoms with Gasteiger partial charge in [0.05, 0.1) is 35.6 Å². The molecule has 0 radical (unpaired) electrons. The van der Waals surface area contributed by atoms with Gasteiger partial charge in [-0.2, -0.15) is 13.6 Å². The van der Waals surface area contributed by atoms with Crippen molar-refractivity contribution in [2.45, 2.75) is 13.8 Å². The van der Waals surface area contributed by atoms with E-state index < -0.39 is 5.97 Å². The third-order valence-corrected chi connectivity index (χ3v) is 3.45. The van der Waals surface area contributed by atoms with E-state index in [1.54, 1.807) is 6.92 Å². The van der Waals surface area contributed by atoms with E-state index in [2.05, 4.69) is 34.1 Å². The van der Waals surface area contributed by atoms with Crippen LogP contribution < -0.4 is 10.6 Å². The van der Waals surface area contributed by atoms with Crippen molar-refractivity contribution in [1.82, 2.24) is 14.1 Å². The Bertz CT molecular complexity index is 706. The molecule has 0 spiro atoms. The molecular formula is C13H16ClN5O3S. The molecule has 8 nitrogen and oxygen atoms in total. The summed E-state index contributed by atoms with van der Waals surface area (Å²) in [6.07, 6.45) is 0. The Kier molecular flexibility index (Phi) is 6.51. The third kappa shape index (κ3) is 5.02. The number of hydrogen-bond acceptors (Lipinski definition) is 9. The number of aliphatic imine (C=N–C) groups is 1. The fourth-order valence-electron chi connectivity index (χ4n) is 1.69. The van der Waals surface area contributed by atoms with Gasteiger partial charge in [-0.3, -0.25) is 9.88 Å². The molecular weight excluding hydrogens is 342 g/mol. The van der Waals surface area contributed by atoms with Crippen LogP contribution in [0, 0.1) is 0 Å². The second kappa shape index (κ2) is 8.61. The van der Waals surface area contributed by atoms with Crippen LogP contribution in [0.3, 0.4) is 0 Å². The largest absolute Gasteiger partial charge is 0.354 e. The van der Waals surface area contributed by atoms with Gasteiger partial charge in [0.2, 0.25) is 0 Å². The van der Waals surface area contributed by atoms with Gasteiger partial charge in [-0.1, -0.05) is 11.6 Å². The molecule has 124 valence electrons. The first-order valence-corrected chi connectivity index (χ1v) is 7.98. The lowest BCUT2D eigenvalue weighted by molar-refractivity contribution is -0.267. The van der Waals surface area contributed by atoms with E-state index in [1.807, 2.05) is 12.1 Å². The van der Waals surface area contributed by atoms with Crippen molar-refractivity contribution in [2.24, 2.45) is 4.99 Å². The van der Waals surface area contributed by atoms with Gasteiger partial charge in [-0.15, -0.1) is 0 Å². The minimum absolute atomic E-state index is 0.402. The fraction of sp³-hybridized carbons (Fsp3) is 0.385. The molecule has 0 amide bonds. The number of nitrogens with one attached hydrogen (secondary N) is 2. The molecule has 2 N–H and O–H groups in total. The van der Waals surface area contributed by atoms with Crippen LogP contribution in [0.4, 0.5) is 5.69 Å². The van der Waals surface area contributed by atoms with Crippen LogP contribution in [0.15, 0.2) is 17.1 Å². The molecule has 0 fully saturated rings. The van der Waals surface area contributed by atoms with Crippen molar-refractivity contribution in [1.29, 1.82) is 0 Å². The van der Waals surface area contributed by atoms with Crippen LogP contribution in [-0.4, -0.2) is 40.4 Å². The van der Waals surface area contributed by atoms with E-state index >= 15 is 0 Å². The predicted octanol–water partition coefficient (Wildman–Crippen LogP) is 2.22. The number of nitrogens with zero attached hydrogens (tertiary/aromatic N) is 3. The molecule has 1 aromatic heterocycles. The fourth-order valence-corrected chi connectivity index (χ4v) is 2.43.